The largest absolute Gasteiger partial charge is 0.493 e. The molecule has 0 aliphatic carbocycles. The van der Waals surface area contributed by atoms with Gasteiger partial charge < -0.3 is 19.9 Å². The molecule has 0 saturated carbocycles. The fourth-order valence-corrected chi connectivity index (χ4v) is 2.74. The van der Waals surface area contributed by atoms with Crippen molar-refractivity contribution in [2.24, 2.45) is 0 Å². The number of aliphatic hydroxyl groups is 1. The van der Waals surface area contributed by atoms with E-state index in [-0.39, 0.29) is 12.6 Å². The molecule has 0 unspecified atom stereocenters. The number of rotatable bonds is 6. The lowest BCUT2D eigenvalue weighted by Crippen LogP contribution is -2.45. The minimum absolute atomic E-state index is 0.183. The zero-order valence-electron chi connectivity index (χ0n) is 12.3. The molecule has 1 heterocycles. The Balaban J connectivity index is 2.23. The second-order valence-corrected chi connectivity index (χ2v) is 4.93. The molecule has 1 atom stereocenters. The minimum Gasteiger partial charge on any atom is -0.493 e. The number of piperazine rings is 1. The van der Waals surface area contributed by atoms with Gasteiger partial charge in [0.05, 0.1) is 14.2 Å². The van der Waals surface area contributed by atoms with Crippen molar-refractivity contribution in [1.29, 1.82) is 0 Å². The summed E-state index contributed by atoms with van der Waals surface area (Å²) in [5.41, 5.74) is 1.17. The Morgan fingerprint density at radius 3 is 2.50 bits per heavy atom. The highest BCUT2D eigenvalue weighted by Crippen LogP contribution is 2.33. The first-order chi connectivity index (χ1) is 9.80. The van der Waals surface area contributed by atoms with Crippen LogP contribution in [0.5, 0.6) is 11.5 Å². The van der Waals surface area contributed by atoms with Crippen LogP contribution in [0.2, 0.25) is 0 Å². The van der Waals surface area contributed by atoms with E-state index >= 15 is 0 Å². The van der Waals surface area contributed by atoms with E-state index in [1.54, 1.807) is 14.2 Å². The Morgan fingerprint density at radius 1 is 1.20 bits per heavy atom. The van der Waals surface area contributed by atoms with Gasteiger partial charge in [-0.1, -0.05) is 6.07 Å². The van der Waals surface area contributed by atoms with E-state index in [4.69, 9.17) is 9.47 Å². The summed E-state index contributed by atoms with van der Waals surface area (Å²) >= 11 is 0. The summed E-state index contributed by atoms with van der Waals surface area (Å²) in [6.07, 6.45) is 0.732. The summed E-state index contributed by atoms with van der Waals surface area (Å²) < 4.78 is 10.7. The number of ether oxygens (including phenoxy) is 2. The van der Waals surface area contributed by atoms with E-state index < -0.39 is 0 Å². The highest BCUT2D eigenvalue weighted by molar-refractivity contribution is 5.43. The molecule has 2 rings (SSSR count). The fraction of sp³-hybridized carbons (Fsp3) is 0.600. The van der Waals surface area contributed by atoms with Crippen molar-refractivity contribution in [2.45, 2.75) is 12.5 Å². The van der Waals surface area contributed by atoms with Crippen LogP contribution in [0.25, 0.3) is 0 Å². The first-order valence-corrected chi connectivity index (χ1v) is 7.07. The summed E-state index contributed by atoms with van der Waals surface area (Å²) in [5.74, 6) is 1.47. The number of benzene rings is 1. The third kappa shape index (κ3) is 3.42. The maximum absolute atomic E-state index is 9.36. The van der Waals surface area contributed by atoms with Gasteiger partial charge in [-0.25, -0.2) is 0 Å². The van der Waals surface area contributed by atoms with Gasteiger partial charge in [-0.15, -0.1) is 0 Å². The zero-order valence-corrected chi connectivity index (χ0v) is 12.3. The van der Waals surface area contributed by atoms with Crippen LogP contribution in [0.3, 0.4) is 0 Å². The minimum atomic E-state index is 0.183. The summed E-state index contributed by atoms with van der Waals surface area (Å²) in [6, 6.07) is 6.23. The molecule has 0 amide bonds. The number of aliphatic hydroxyl groups excluding tert-OH is 1. The Kier molecular flexibility index (Phi) is 5.64. The second kappa shape index (κ2) is 7.47. The predicted octanol–water partition coefficient (Wildman–Crippen LogP) is 1.03. The summed E-state index contributed by atoms with van der Waals surface area (Å²) in [5, 5.41) is 12.7. The molecule has 0 aromatic heterocycles. The van der Waals surface area contributed by atoms with Crippen LogP contribution in [-0.4, -0.2) is 57.0 Å². The monoisotopic (exact) mass is 280 g/mol. The molecule has 112 valence electrons. The molecule has 5 nitrogen and oxygen atoms in total. The number of methoxy groups -OCH3 is 2. The van der Waals surface area contributed by atoms with Crippen molar-refractivity contribution in [1.82, 2.24) is 10.2 Å². The normalized spacial score (nSPS) is 17.8. The maximum atomic E-state index is 9.36. The third-order valence-electron chi connectivity index (χ3n) is 3.79. The van der Waals surface area contributed by atoms with Gasteiger partial charge in [0.15, 0.2) is 11.5 Å². The number of nitrogens with zero attached hydrogens (tertiary/aromatic N) is 1. The van der Waals surface area contributed by atoms with Crippen LogP contribution in [0.4, 0.5) is 0 Å². The highest BCUT2D eigenvalue weighted by Gasteiger charge is 2.22. The molecule has 0 bridgehead atoms. The molecular formula is C15H24N2O3. The van der Waals surface area contributed by atoms with Crippen LogP contribution in [0, 0.1) is 0 Å². The smallest absolute Gasteiger partial charge is 0.161 e. The van der Waals surface area contributed by atoms with Gasteiger partial charge in [0.2, 0.25) is 0 Å². The van der Waals surface area contributed by atoms with E-state index in [1.807, 2.05) is 12.1 Å². The molecule has 1 aliphatic heterocycles. The van der Waals surface area contributed by atoms with E-state index in [9.17, 15) is 5.11 Å². The van der Waals surface area contributed by atoms with Crippen LogP contribution >= 0.6 is 0 Å². The zero-order chi connectivity index (χ0) is 14.4. The van der Waals surface area contributed by atoms with Gasteiger partial charge in [-0.05, 0) is 24.1 Å². The Hall–Kier alpha value is -1.30. The third-order valence-corrected chi connectivity index (χ3v) is 3.79. The lowest BCUT2D eigenvalue weighted by atomic mass is 10.0. The average Bonchev–Trinajstić information content (AvgIpc) is 2.52. The summed E-state index contributed by atoms with van der Waals surface area (Å²) in [4.78, 5) is 2.41. The SMILES string of the molecule is COc1ccc([C@@H](CCO)N2CCNCC2)cc1OC. The Bertz CT molecular complexity index is 420. The molecule has 1 saturated heterocycles. The van der Waals surface area contributed by atoms with Gasteiger partial charge in [0.1, 0.15) is 0 Å². The highest BCUT2D eigenvalue weighted by atomic mass is 16.5. The Morgan fingerprint density at radius 2 is 1.90 bits per heavy atom. The van der Waals surface area contributed by atoms with Crippen LogP contribution in [-0.2, 0) is 0 Å². The summed E-state index contributed by atoms with van der Waals surface area (Å²) in [7, 11) is 3.28. The van der Waals surface area contributed by atoms with E-state index in [2.05, 4.69) is 16.3 Å². The van der Waals surface area contributed by atoms with Crippen molar-refractivity contribution in [2.75, 3.05) is 47.0 Å². The summed E-state index contributed by atoms with van der Waals surface area (Å²) in [6.45, 7) is 4.17. The number of hydrogen-bond donors (Lipinski definition) is 2. The molecule has 1 aliphatic rings. The predicted molar refractivity (Wildman–Crippen MR) is 78.4 cm³/mol. The van der Waals surface area contributed by atoms with E-state index in [1.165, 1.54) is 5.56 Å². The van der Waals surface area contributed by atoms with Crippen molar-refractivity contribution in [3.63, 3.8) is 0 Å². The molecular weight excluding hydrogens is 256 g/mol. The molecule has 5 heteroatoms. The average molecular weight is 280 g/mol. The van der Waals surface area contributed by atoms with Gasteiger partial charge in [0.25, 0.3) is 0 Å². The quantitative estimate of drug-likeness (QED) is 0.815. The van der Waals surface area contributed by atoms with Crippen molar-refractivity contribution >= 4 is 0 Å². The molecule has 20 heavy (non-hydrogen) atoms. The first kappa shape index (κ1) is 15.1. The maximum Gasteiger partial charge on any atom is 0.161 e. The first-order valence-electron chi connectivity index (χ1n) is 7.07. The number of nitrogens with one attached hydrogen (secondary N) is 1. The number of hydrogen-bond acceptors (Lipinski definition) is 5. The fourth-order valence-electron chi connectivity index (χ4n) is 2.74. The van der Waals surface area contributed by atoms with Gasteiger partial charge in [-0.2, -0.15) is 0 Å². The van der Waals surface area contributed by atoms with Crippen molar-refractivity contribution in [3.8, 4) is 11.5 Å². The topological polar surface area (TPSA) is 54.0 Å². The molecule has 1 fully saturated rings. The van der Waals surface area contributed by atoms with Crippen LogP contribution in [0.1, 0.15) is 18.0 Å². The molecule has 0 spiro atoms. The van der Waals surface area contributed by atoms with E-state index in [0.29, 0.717) is 0 Å². The Labute approximate surface area is 120 Å². The van der Waals surface area contributed by atoms with Crippen LogP contribution in [0.15, 0.2) is 18.2 Å². The molecule has 1 aromatic carbocycles. The second-order valence-electron chi connectivity index (χ2n) is 4.93. The molecule has 2 N–H and O–H groups in total. The lowest BCUT2D eigenvalue weighted by Gasteiger charge is -2.35. The van der Waals surface area contributed by atoms with Gasteiger partial charge in [-0.3, -0.25) is 4.90 Å². The van der Waals surface area contributed by atoms with Gasteiger partial charge >= 0.3 is 0 Å². The van der Waals surface area contributed by atoms with Crippen molar-refractivity contribution in [3.05, 3.63) is 23.8 Å². The van der Waals surface area contributed by atoms with Gasteiger partial charge in [0, 0.05) is 38.8 Å². The van der Waals surface area contributed by atoms with Crippen LogP contribution < -0.4 is 14.8 Å². The standard InChI is InChI=1S/C15H24N2O3/c1-19-14-4-3-12(11-15(14)20-2)13(5-10-18)17-8-6-16-7-9-17/h3-4,11,13,16,18H,5-10H2,1-2H3/t13-/m1/s1. The van der Waals surface area contributed by atoms with Crippen molar-refractivity contribution < 1.29 is 14.6 Å². The lowest BCUT2D eigenvalue weighted by molar-refractivity contribution is 0.141. The molecule has 1 aromatic rings. The molecule has 0 radical (unpaired) electrons. The van der Waals surface area contributed by atoms with E-state index in [0.717, 1.165) is 44.1 Å².